The highest BCUT2D eigenvalue weighted by Gasteiger charge is 2.19. The highest BCUT2D eigenvalue weighted by molar-refractivity contribution is 5.79. The van der Waals surface area contributed by atoms with Crippen LogP contribution in [0.4, 0.5) is 0 Å². The van der Waals surface area contributed by atoms with Gasteiger partial charge in [0.2, 0.25) is 0 Å². The zero-order valence-corrected chi connectivity index (χ0v) is 10.3. The topological polar surface area (TPSA) is 66.5 Å². The Morgan fingerprint density at radius 3 is 3.17 bits per heavy atom. The summed E-state index contributed by atoms with van der Waals surface area (Å²) in [6.07, 6.45) is 3.92. The van der Waals surface area contributed by atoms with Crippen LogP contribution in [0, 0.1) is 18.3 Å². The molecule has 3 heterocycles. The predicted octanol–water partition coefficient (Wildman–Crippen LogP) is 1.54. The lowest BCUT2D eigenvalue weighted by atomic mass is 10.1. The van der Waals surface area contributed by atoms with E-state index in [4.69, 9.17) is 5.26 Å². The first-order chi connectivity index (χ1) is 8.79. The Labute approximate surface area is 105 Å². The van der Waals surface area contributed by atoms with Gasteiger partial charge in [-0.3, -0.25) is 0 Å². The van der Waals surface area contributed by atoms with Crippen LogP contribution in [-0.4, -0.2) is 27.9 Å². The lowest BCUT2D eigenvalue weighted by Gasteiger charge is -2.23. The first kappa shape index (κ1) is 11.2. The van der Waals surface area contributed by atoms with Crippen molar-refractivity contribution in [3.05, 3.63) is 23.5 Å². The van der Waals surface area contributed by atoms with Crippen molar-refractivity contribution in [1.82, 2.24) is 20.1 Å². The van der Waals surface area contributed by atoms with E-state index in [1.807, 2.05) is 17.7 Å². The van der Waals surface area contributed by atoms with Crippen molar-refractivity contribution in [3.63, 3.8) is 0 Å². The van der Waals surface area contributed by atoms with Crippen LogP contribution in [0.5, 0.6) is 0 Å². The van der Waals surface area contributed by atoms with Crippen LogP contribution in [0.15, 0.2) is 12.3 Å². The molecule has 18 heavy (non-hydrogen) atoms. The first-order valence-electron chi connectivity index (χ1n) is 6.25. The second-order valence-corrected chi connectivity index (χ2v) is 4.74. The van der Waals surface area contributed by atoms with Gasteiger partial charge in [0, 0.05) is 18.1 Å². The van der Waals surface area contributed by atoms with E-state index in [0.29, 0.717) is 11.6 Å². The Kier molecular flexibility index (Phi) is 2.73. The number of aryl methyl sites for hydroxylation is 1. The van der Waals surface area contributed by atoms with Gasteiger partial charge in [-0.25, -0.2) is 9.67 Å². The molecule has 3 rings (SSSR count). The van der Waals surface area contributed by atoms with E-state index in [1.165, 1.54) is 6.42 Å². The smallest absolute Gasteiger partial charge is 0.158 e. The maximum atomic E-state index is 8.92. The summed E-state index contributed by atoms with van der Waals surface area (Å²) in [6, 6.07) is 4.37. The second-order valence-electron chi connectivity index (χ2n) is 4.74. The number of hydrogen-bond donors (Lipinski definition) is 1. The van der Waals surface area contributed by atoms with Gasteiger partial charge in [-0.05, 0) is 32.4 Å². The third-order valence-corrected chi connectivity index (χ3v) is 3.48. The molecule has 0 aliphatic carbocycles. The van der Waals surface area contributed by atoms with Crippen molar-refractivity contribution in [2.45, 2.75) is 25.8 Å². The van der Waals surface area contributed by atoms with E-state index < -0.39 is 0 Å². The van der Waals surface area contributed by atoms with Crippen LogP contribution in [0.2, 0.25) is 0 Å². The fourth-order valence-corrected chi connectivity index (χ4v) is 2.53. The molecule has 1 aliphatic rings. The van der Waals surface area contributed by atoms with Gasteiger partial charge in [-0.15, -0.1) is 0 Å². The highest BCUT2D eigenvalue weighted by atomic mass is 15.3. The average Bonchev–Trinajstić information content (AvgIpc) is 2.77. The van der Waals surface area contributed by atoms with Gasteiger partial charge < -0.3 is 5.32 Å². The number of rotatable bonds is 1. The Balaban J connectivity index is 2.10. The summed E-state index contributed by atoms with van der Waals surface area (Å²) in [4.78, 5) is 4.40. The molecule has 0 saturated carbocycles. The van der Waals surface area contributed by atoms with Crippen LogP contribution in [-0.2, 0) is 0 Å². The van der Waals surface area contributed by atoms with Gasteiger partial charge in [0.25, 0.3) is 0 Å². The Hall–Kier alpha value is -1.93. The summed E-state index contributed by atoms with van der Waals surface area (Å²) >= 11 is 0. The van der Waals surface area contributed by atoms with Crippen molar-refractivity contribution in [2.75, 3.05) is 13.1 Å². The normalized spacial score (nSPS) is 19.9. The molecule has 0 bridgehead atoms. The maximum absolute atomic E-state index is 8.92. The van der Waals surface area contributed by atoms with Crippen LogP contribution in [0.1, 0.15) is 30.1 Å². The Bertz CT molecular complexity index is 616. The van der Waals surface area contributed by atoms with Crippen molar-refractivity contribution >= 4 is 11.0 Å². The molecule has 1 saturated heterocycles. The summed E-state index contributed by atoms with van der Waals surface area (Å²) in [5, 5.41) is 17.9. The lowest BCUT2D eigenvalue weighted by Crippen LogP contribution is -2.32. The average molecular weight is 241 g/mol. The summed E-state index contributed by atoms with van der Waals surface area (Å²) < 4.78 is 2.01. The number of fused-ring (bicyclic) bond motifs is 1. The minimum absolute atomic E-state index is 0.371. The van der Waals surface area contributed by atoms with Gasteiger partial charge in [-0.2, -0.15) is 10.4 Å². The first-order valence-corrected chi connectivity index (χ1v) is 6.25. The highest BCUT2D eigenvalue weighted by Crippen LogP contribution is 2.24. The monoisotopic (exact) mass is 241 g/mol. The van der Waals surface area contributed by atoms with Crippen molar-refractivity contribution in [1.29, 1.82) is 5.26 Å². The zero-order chi connectivity index (χ0) is 12.5. The molecule has 2 aromatic heterocycles. The third kappa shape index (κ3) is 1.75. The molecule has 0 amide bonds. The van der Waals surface area contributed by atoms with Crippen LogP contribution >= 0.6 is 0 Å². The van der Waals surface area contributed by atoms with Gasteiger partial charge in [0.1, 0.15) is 6.07 Å². The summed E-state index contributed by atoms with van der Waals surface area (Å²) in [7, 11) is 0. The third-order valence-electron chi connectivity index (χ3n) is 3.48. The molecule has 5 nitrogen and oxygen atoms in total. The summed E-state index contributed by atoms with van der Waals surface area (Å²) in [5.74, 6) is 0. The summed E-state index contributed by atoms with van der Waals surface area (Å²) in [5.41, 5.74) is 2.42. The van der Waals surface area contributed by atoms with Crippen molar-refractivity contribution in [3.8, 4) is 6.07 Å². The van der Waals surface area contributed by atoms with E-state index in [2.05, 4.69) is 21.5 Å². The number of nitriles is 1. The van der Waals surface area contributed by atoms with E-state index in [1.54, 1.807) is 6.20 Å². The van der Waals surface area contributed by atoms with Gasteiger partial charge in [0.05, 0.1) is 17.3 Å². The predicted molar refractivity (Wildman–Crippen MR) is 68.1 cm³/mol. The molecule has 1 N–H and O–H groups in total. The maximum Gasteiger partial charge on any atom is 0.158 e. The van der Waals surface area contributed by atoms with Crippen molar-refractivity contribution < 1.29 is 0 Å². The minimum Gasteiger partial charge on any atom is -0.315 e. The number of piperidine rings is 1. The molecule has 1 aliphatic heterocycles. The Morgan fingerprint density at radius 1 is 1.56 bits per heavy atom. The van der Waals surface area contributed by atoms with Gasteiger partial charge in [-0.1, -0.05) is 0 Å². The van der Waals surface area contributed by atoms with Crippen LogP contribution < -0.4 is 5.32 Å². The Morgan fingerprint density at radius 2 is 2.44 bits per heavy atom. The van der Waals surface area contributed by atoms with Crippen LogP contribution in [0.3, 0.4) is 0 Å². The van der Waals surface area contributed by atoms with E-state index in [-0.39, 0.29) is 0 Å². The van der Waals surface area contributed by atoms with E-state index in [0.717, 1.165) is 36.2 Å². The minimum atomic E-state index is 0.371. The molecule has 92 valence electrons. The quantitative estimate of drug-likeness (QED) is 0.822. The molecule has 1 unspecified atom stereocenters. The zero-order valence-electron chi connectivity index (χ0n) is 10.3. The van der Waals surface area contributed by atoms with Gasteiger partial charge in [0.15, 0.2) is 5.65 Å². The molecule has 2 aromatic rings. The summed E-state index contributed by atoms with van der Waals surface area (Å²) in [6.45, 7) is 4.00. The molecule has 0 radical (unpaired) electrons. The van der Waals surface area contributed by atoms with E-state index >= 15 is 0 Å². The number of nitrogens with one attached hydrogen (secondary N) is 1. The molecule has 1 atom stereocenters. The molecular weight excluding hydrogens is 226 g/mol. The molecular formula is C13H15N5. The number of hydrogen-bond acceptors (Lipinski definition) is 4. The largest absolute Gasteiger partial charge is 0.315 e. The fraction of sp³-hybridized carbons (Fsp3) is 0.462. The molecule has 0 aromatic carbocycles. The molecule has 1 fully saturated rings. The molecule has 5 heteroatoms. The SMILES string of the molecule is Cc1nn(C2CCCNC2)c2ncc(C#N)cc12. The van der Waals surface area contributed by atoms with E-state index in [9.17, 15) is 0 Å². The number of nitrogens with zero attached hydrogens (tertiary/aromatic N) is 4. The van der Waals surface area contributed by atoms with Crippen LogP contribution in [0.25, 0.3) is 11.0 Å². The number of aromatic nitrogens is 3. The lowest BCUT2D eigenvalue weighted by molar-refractivity contribution is 0.352. The number of pyridine rings is 1. The molecule has 0 spiro atoms. The standard InChI is InChI=1S/C13H15N5/c1-9-12-5-10(6-14)7-16-13(12)18(17-9)11-3-2-4-15-8-11/h5,7,11,15H,2-4,8H2,1H3. The fourth-order valence-electron chi connectivity index (χ4n) is 2.53. The van der Waals surface area contributed by atoms with Gasteiger partial charge >= 0.3 is 0 Å². The van der Waals surface area contributed by atoms with Crippen molar-refractivity contribution in [2.24, 2.45) is 0 Å². The second kappa shape index (κ2) is 4.39.